The van der Waals surface area contributed by atoms with Crippen molar-refractivity contribution >= 4 is 73.8 Å². The van der Waals surface area contributed by atoms with Crippen molar-refractivity contribution in [1.29, 1.82) is 0 Å². The van der Waals surface area contributed by atoms with Crippen LogP contribution in [0.4, 0.5) is 0 Å². The summed E-state index contributed by atoms with van der Waals surface area (Å²) in [6.07, 6.45) is 1.54. The molecule has 0 bridgehead atoms. The van der Waals surface area contributed by atoms with Gasteiger partial charge in [-0.05, 0) is 99.5 Å². The summed E-state index contributed by atoms with van der Waals surface area (Å²) in [6, 6.07) is 16.1. The second kappa shape index (κ2) is 11.9. The number of hydrogen-bond donors (Lipinski definition) is 1. The molecule has 0 saturated heterocycles. The molecule has 0 aliphatic heterocycles. The maximum Gasteiger partial charge on any atom is 0.271 e. The minimum absolute atomic E-state index is 0.244. The second-order valence-corrected chi connectivity index (χ2v) is 9.44. The number of carbonyl (C=O) groups is 1. The van der Waals surface area contributed by atoms with Crippen molar-refractivity contribution in [2.45, 2.75) is 13.5 Å². The van der Waals surface area contributed by atoms with Gasteiger partial charge in [0.05, 0.1) is 17.3 Å². The third-order valence-electron chi connectivity index (χ3n) is 4.20. The van der Waals surface area contributed by atoms with Crippen LogP contribution in [-0.2, 0) is 6.61 Å². The van der Waals surface area contributed by atoms with Crippen molar-refractivity contribution in [2.75, 3.05) is 6.61 Å². The molecular weight excluding hydrogens is 630 g/mol. The van der Waals surface area contributed by atoms with E-state index in [9.17, 15) is 4.79 Å². The van der Waals surface area contributed by atoms with Gasteiger partial charge in [-0.3, -0.25) is 4.79 Å². The Balaban J connectivity index is 1.73. The lowest BCUT2D eigenvalue weighted by Crippen LogP contribution is -2.17. The van der Waals surface area contributed by atoms with Crippen LogP contribution in [0.15, 0.2) is 64.2 Å². The number of carbonyl (C=O) groups excluding carboxylic acids is 1. The second-order valence-electron chi connectivity index (χ2n) is 6.49. The highest BCUT2D eigenvalue weighted by atomic mass is 127. The fourth-order valence-electron chi connectivity index (χ4n) is 2.69. The van der Waals surface area contributed by atoms with E-state index in [1.807, 2.05) is 31.2 Å². The molecule has 166 valence electrons. The summed E-state index contributed by atoms with van der Waals surface area (Å²) in [4.78, 5) is 12.2. The van der Waals surface area contributed by atoms with Gasteiger partial charge in [0.2, 0.25) is 0 Å². The van der Waals surface area contributed by atoms with E-state index < -0.39 is 0 Å². The number of nitrogens with one attached hydrogen (secondary N) is 1. The van der Waals surface area contributed by atoms with E-state index in [0.29, 0.717) is 38.2 Å². The maximum absolute atomic E-state index is 12.2. The topological polar surface area (TPSA) is 59.9 Å². The van der Waals surface area contributed by atoms with E-state index >= 15 is 0 Å². The lowest BCUT2D eigenvalue weighted by atomic mass is 10.2. The van der Waals surface area contributed by atoms with Gasteiger partial charge < -0.3 is 9.47 Å². The summed E-state index contributed by atoms with van der Waals surface area (Å²) in [5.74, 6) is 0.789. The fourth-order valence-corrected chi connectivity index (χ4v) is 4.08. The summed E-state index contributed by atoms with van der Waals surface area (Å²) in [6.45, 7) is 2.58. The third kappa shape index (κ3) is 6.84. The number of rotatable bonds is 8. The quantitative estimate of drug-likeness (QED) is 0.161. The molecule has 0 spiro atoms. The molecule has 1 amide bonds. The minimum atomic E-state index is -0.290. The number of amides is 1. The third-order valence-corrected chi connectivity index (χ3v) is 6.10. The number of nitrogens with zero attached hydrogens (tertiary/aromatic N) is 1. The lowest BCUT2D eigenvalue weighted by Gasteiger charge is -2.15. The zero-order valence-electron chi connectivity index (χ0n) is 16.9. The molecule has 3 aromatic carbocycles. The highest BCUT2D eigenvalue weighted by Gasteiger charge is 2.13. The molecule has 0 aliphatic rings. The molecule has 0 aromatic heterocycles. The molecule has 0 saturated carbocycles. The van der Waals surface area contributed by atoms with Gasteiger partial charge in [0.15, 0.2) is 11.5 Å². The molecule has 32 heavy (non-hydrogen) atoms. The summed E-state index contributed by atoms with van der Waals surface area (Å²) >= 11 is 17.9. The molecule has 9 heteroatoms. The van der Waals surface area contributed by atoms with Crippen molar-refractivity contribution in [2.24, 2.45) is 5.10 Å². The Labute approximate surface area is 218 Å². The van der Waals surface area contributed by atoms with E-state index in [4.69, 9.17) is 32.7 Å². The molecule has 0 aliphatic carbocycles. The molecule has 0 unspecified atom stereocenters. The molecule has 1 N–H and O–H groups in total. The number of ether oxygens (including phenoxy) is 2. The summed E-state index contributed by atoms with van der Waals surface area (Å²) < 4.78 is 13.5. The standard InChI is InChI=1S/C23H18BrCl2IN2O3/c1-2-31-21-10-14(12-28-29-23(30)15-4-7-18(27)8-5-15)9-19(24)22(21)32-13-16-3-6-17(25)11-20(16)26/h3-12H,2,13H2,1H3,(H,29,30)/b28-12-. The van der Waals surface area contributed by atoms with Crippen molar-refractivity contribution in [1.82, 2.24) is 5.43 Å². The van der Waals surface area contributed by atoms with Gasteiger partial charge in [-0.2, -0.15) is 5.10 Å². The average molecular weight is 648 g/mol. The van der Waals surface area contributed by atoms with Crippen LogP contribution in [0.2, 0.25) is 10.0 Å². The molecule has 0 fully saturated rings. The molecule has 0 radical (unpaired) electrons. The zero-order chi connectivity index (χ0) is 23.1. The predicted octanol–water partition coefficient (Wildman–Crippen LogP) is 7.10. The Morgan fingerprint density at radius 2 is 1.88 bits per heavy atom. The number of hydrogen-bond acceptors (Lipinski definition) is 4. The first-order valence-electron chi connectivity index (χ1n) is 9.49. The van der Waals surface area contributed by atoms with Gasteiger partial charge in [0.25, 0.3) is 5.91 Å². The highest BCUT2D eigenvalue weighted by Crippen LogP contribution is 2.37. The van der Waals surface area contributed by atoms with Crippen LogP contribution in [-0.4, -0.2) is 18.7 Å². The SMILES string of the molecule is CCOc1cc(/C=N\NC(=O)c2ccc(I)cc2)cc(Br)c1OCc1ccc(Cl)cc1Cl. The minimum Gasteiger partial charge on any atom is -0.490 e. The largest absolute Gasteiger partial charge is 0.490 e. The van der Waals surface area contributed by atoms with E-state index in [-0.39, 0.29) is 12.5 Å². The van der Waals surface area contributed by atoms with Gasteiger partial charge in [-0.15, -0.1) is 0 Å². The maximum atomic E-state index is 12.2. The van der Waals surface area contributed by atoms with Crippen LogP contribution in [0.3, 0.4) is 0 Å². The first-order valence-corrected chi connectivity index (χ1v) is 12.1. The molecule has 3 aromatic rings. The molecule has 0 heterocycles. The zero-order valence-corrected chi connectivity index (χ0v) is 22.1. The smallest absolute Gasteiger partial charge is 0.271 e. The number of hydrazone groups is 1. The van der Waals surface area contributed by atoms with Crippen LogP contribution in [0, 0.1) is 3.57 Å². The molecule has 3 rings (SSSR count). The first kappa shape index (κ1) is 24.8. The van der Waals surface area contributed by atoms with E-state index in [1.54, 1.807) is 30.3 Å². The van der Waals surface area contributed by atoms with Crippen LogP contribution < -0.4 is 14.9 Å². The number of halogens is 4. The fraction of sp³-hybridized carbons (Fsp3) is 0.130. The van der Waals surface area contributed by atoms with Gasteiger partial charge in [0.1, 0.15) is 6.61 Å². The monoisotopic (exact) mass is 646 g/mol. The number of benzene rings is 3. The van der Waals surface area contributed by atoms with Crippen LogP contribution in [0.1, 0.15) is 28.4 Å². The van der Waals surface area contributed by atoms with E-state index in [1.165, 1.54) is 6.21 Å². The Hall–Kier alpha value is -1.81. The van der Waals surface area contributed by atoms with Crippen molar-refractivity contribution in [3.8, 4) is 11.5 Å². The Morgan fingerprint density at radius 1 is 1.12 bits per heavy atom. The Bertz CT molecular complexity index is 1140. The normalized spacial score (nSPS) is 10.9. The molecular formula is C23H18BrCl2IN2O3. The van der Waals surface area contributed by atoms with Crippen LogP contribution in [0.25, 0.3) is 0 Å². The van der Waals surface area contributed by atoms with Crippen molar-refractivity contribution in [3.05, 3.63) is 89.4 Å². The highest BCUT2D eigenvalue weighted by molar-refractivity contribution is 14.1. The van der Waals surface area contributed by atoms with E-state index in [2.05, 4.69) is 49.0 Å². The van der Waals surface area contributed by atoms with Gasteiger partial charge in [-0.25, -0.2) is 5.43 Å². The molecule has 5 nitrogen and oxygen atoms in total. The average Bonchev–Trinajstić information content (AvgIpc) is 2.75. The Kier molecular flexibility index (Phi) is 9.22. The van der Waals surface area contributed by atoms with Crippen molar-refractivity contribution < 1.29 is 14.3 Å². The van der Waals surface area contributed by atoms with Gasteiger partial charge in [0, 0.05) is 24.7 Å². The Morgan fingerprint density at radius 3 is 2.56 bits per heavy atom. The van der Waals surface area contributed by atoms with Crippen molar-refractivity contribution in [3.63, 3.8) is 0 Å². The summed E-state index contributed by atoms with van der Waals surface area (Å²) in [7, 11) is 0. The van der Waals surface area contributed by atoms with E-state index in [0.717, 1.165) is 14.7 Å². The predicted molar refractivity (Wildman–Crippen MR) is 140 cm³/mol. The lowest BCUT2D eigenvalue weighted by molar-refractivity contribution is 0.0955. The summed E-state index contributed by atoms with van der Waals surface area (Å²) in [5, 5.41) is 5.14. The van der Waals surface area contributed by atoms with Gasteiger partial charge in [-0.1, -0.05) is 29.3 Å². The first-order chi connectivity index (χ1) is 15.4. The van der Waals surface area contributed by atoms with Gasteiger partial charge >= 0.3 is 0 Å². The van der Waals surface area contributed by atoms with Crippen LogP contribution >= 0.6 is 61.7 Å². The van der Waals surface area contributed by atoms with Crippen LogP contribution in [0.5, 0.6) is 11.5 Å². The summed E-state index contributed by atoms with van der Waals surface area (Å²) in [5.41, 5.74) is 4.58. The molecule has 0 atom stereocenters.